The van der Waals surface area contributed by atoms with E-state index in [9.17, 15) is 9.90 Å². The van der Waals surface area contributed by atoms with Gasteiger partial charge in [-0.25, -0.2) is 4.98 Å². The van der Waals surface area contributed by atoms with Gasteiger partial charge in [-0.05, 0) is 49.7 Å². The second kappa shape index (κ2) is 9.58. The molecule has 0 saturated heterocycles. The number of nitrogens with zero attached hydrogens (tertiary/aromatic N) is 1. The van der Waals surface area contributed by atoms with Crippen molar-refractivity contribution < 1.29 is 14.6 Å². The van der Waals surface area contributed by atoms with Crippen molar-refractivity contribution in [1.82, 2.24) is 15.6 Å². The quantitative estimate of drug-likeness (QED) is 0.582. The Morgan fingerprint density at radius 2 is 2.16 bits per heavy atom. The van der Waals surface area contributed by atoms with E-state index >= 15 is 0 Å². The normalized spacial score (nSPS) is 21.0. The molecule has 0 aromatic carbocycles. The van der Waals surface area contributed by atoms with Crippen LogP contribution in [0, 0.1) is 17.3 Å². The van der Waals surface area contributed by atoms with Crippen LogP contribution in [0.1, 0.15) is 83.9 Å². The number of ether oxygens (including phenoxy) is 1. The molecular formula is C25H37N3O3. The van der Waals surface area contributed by atoms with Crippen molar-refractivity contribution >= 4 is 5.91 Å². The number of pyridine rings is 1. The van der Waals surface area contributed by atoms with Crippen LogP contribution in [0.15, 0.2) is 12.3 Å². The first-order valence-electron chi connectivity index (χ1n) is 11.4. The maximum Gasteiger partial charge on any atom is 0.218 e. The minimum Gasteiger partial charge on any atom is -0.471 e. The van der Waals surface area contributed by atoms with Gasteiger partial charge < -0.3 is 20.5 Å². The molecule has 6 heteroatoms. The van der Waals surface area contributed by atoms with Crippen molar-refractivity contribution in [2.75, 3.05) is 6.54 Å². The lowest BCUT2D eigenvalue weighted by Gasteiger charge is -2.47. The minimum absolute atomic E-state index is 0.0568. The molecule has 31 heavy (non-hydrogen) atoms. The van der Waals surface area contributed by atoms with Crippen molar-refractivity contribution in [3.8, 4) is 17.7 Å². The minimum atomic E-state index is -0.737. The molecule has 0 radical (unpaired) electrons. The fraction of sp³-hybridized carbons (Fsp3) is 0.680. The lowest BCUT2D eigenvalue weighted by molar-refractivity contribution is -0.120. The first-order valence-corrected chi connectivity index (χ1v) is 11.4. The zero-order valence-corrected chi connectivity index (χ0v) is 19.5. The van der Waals surface area contributed by atoms with E-state index in [2.05, 4.69) is 54.3 Å². The fourth-order valence-electron chi connectivity index (χ4n) is 4.51. The number of nitrogens with one attached hydrogen (secondary N) is 2. The van der Waals surface area contributed by atoms with E-state index in [4.69, 9.17) is 4.74 Å². The van der Waals surface area contributed by atoms with E-state index in [1.54, 1.807) is 6.92 Å². The van der Waals surface area contributed by atoms with Crippen molar-refractivity contribution in [2.45, 2.75) is 96.9 Å². The number of rotatable bonds is 7. The summed E-state index contributed by atoms with van der Waals surface area (Å²) in [6.45, 7) is 10.2. The first-order chi connectivity index (χ1) is 14.6. The van der Waals surface area contributed by atoms with Gasteiger partial charge in [-0.15, -0.1) is 11.8 Å². The summed E-state index contributed by atoms with van der Waals surface area (Å²) < 4.78 is 6.34. The summed E-state index contributed by atoms with van der Waals surface area (Å²) in [5.74, 6) is 6.35. The van der Waals surface area contributed by atoms with Gasteiger partial charge >= 0.3 is 0 Å². The van der Waals surface area contributed by atoms with Crippen molar-refractivity contribution in [1.29, 1.82) is 0 Å². The first kappa shape index (κ1) is 23.6. The summed E-state index contributed by atoms with van der Waals surface area (Å²) in [6, 6.07) is 1.86. The second-order valence-electron chi connectivity index (χ2n) is 10.3. The van der Waals surface area contributed by atoms with Crippen molar-refractivity contribution in [3.63, 3.8) is 0 Å². The lowest BCUT2D eigenvalue weighted by atomic mass is 9.73. The highest BCUT2D eigenvalue weighted by Gasteiger charge is 2.46. The number of hydrogen-bond acceptors (Lipinski definition) is 5. The average molecular weight is 428 g/mol. The summed E-state index contributed by atoms with van der Waals surface area (Å²) in [5, 5.41) is 17.2. The van der Waals surface area contributed by atoms with Gasteiger partial charge in [0.2, 0.25) is 11.8 Å². The molecule has 3 N–H and O–H groups in total. The van der Waals surface area contributed by atoms with Crippen LogP contribution in [0.4, 0.5) is 0 Å². The number of aliphatic hydroxyl groups is 1. The molecule has 1 saturated carbocycles. The number of aromatic nitrogens is 1. The van der Waals surface area contributed by atoms with E-state index in [1.165, 1.54) is 18.9 Å². The van der Waals surface area contributed by atoms with Crippen molar-refractivity contribution in [3.05, 3.63) is 23.4 Å². The van der Waals surface area contributed by atoms with Crippen LogP contribution in [0.25, 0.3) is 0 Å². The summed E-state index contributed by atoms with van der Waals surface area (Å²) in [6.07, 6.45) is 6.68. The summed E-state index contributed by atoms with van der Waals surface area (Å²) in [5.41, 5.74) is 2.29. The molecular weight excluding hydrogens is 390 g/mol. The molecule has 6 nitrogen and oxygen atoms in total. The Labute approximate surface area is 186 Å². The van der Waals surface area contributed by atoms with Gasteiger partial charge in [-0.1, -0.05) is 20.8 Å². The predicted octanol–water partition coefficient (Wildman–Crippen LogP) is 3.29. The van der Waals surface area contributed by atoms with Gasteiger partial charge in [0.05, 0.1) is 12.1 Å². The third-order valence-corrected chi connectivity index (χ3v) is 6.12. The third kappa shape index (κ3) is 6.21. The molecule has 1 spiro atoms. The highest BCUT2D eigenvalue weighted by Crippen LogP contribution is 2.48. The Hall–Kier alpha value is -2.10. The standard InChI is InChI=1S/C25H37N3O3/c1-6-7-9-20(28-17(2)29)22(30)16-26-21-14-25(10-8-11-25)31-23-19(21)12-18(15-27-23)13-24(3,4)5/h12,15,20-22,26,30H,8-11,13-14,16H2,1-5H3,(H,28,29)/t20-,21?,22+/m0/s1. The number of amides is 1. The molecule has 1 aliphatic carbocycles. The molecule has 1 fully saturated rings. The van der Waals surface area contributed by atoms with Crippen LogP contribution in [0.3, 0.4) is 0 Å². The van der Waals surface area contributed by atoms with Crippen LogP contribution in [0.2, 0.25) is 0 Å². The largest absolute Gasteiger partial charge is 0.471 e. The SMILES string of the molecule is CC#CC[C@H](NC(C)=O)[C@H](O)CNC1CC2(CCC2)Oc2ncc(CC(C)(C)C)cc21. The Balaban J connectivity index is 1.76. The molecule has 3 atom stereocenters. The monoisotopic (exact) mass is 427 g/mol. The number of aliphatic hydroxyl groups excluding tert-OH is 1. The van der Waals surface area contributed by atoms with Crippen molar-refractivity contribution in [2.24, 2.45) is 5.41 Å². The predicted molar refractivity (Wildman–Crippen MR) is 122 cm³/mol. The van der Waals surface area contributed by atoms with Crippen LogP contribution < -0.4 is 15.4 Å². The van der Waals surface area contributed by atoms with E-state index in [-0.39, 0.29) is 23.0 Å². The highest BCUT2D eigenvalue weighted by atomic mass is 16.5. The molecule has 1 aromatic rings. The Bertz CT molecular complexity index is 846. The maximum absolute atomic E-state index is 11.6. The highest BCUT2D eigenvalue weighted by molar-refractivity contribution is 5.73. The van der Waals surface area contributed by atoms with E-state index < -0.39 is 12.1 Å². The molecule has 2 aliphatic rings. The van der Waals surface area contributed by atoms with Crippen LogP contribution in [0.5, 0.6) is 5.88 Å². The topological polar surface area (TPSA) is 83.5 Å². The molecule has 3 rings (SSSR count). The number of carbonyl (C=O) groups excluding carboxylic acids is 1. The molecule has 1 amide bonds. The number of hydrogen-bond donors (Lipinski definition) is 3. The Morgan fingerprint density at radius 3 is 2.74 bits per heavy atom. The second-order valence-corrected chi connectivity index (χ2v) is 10.3. The van der Waals surface area contributed by atoms with Gasteiger partial charge in [-0.2, -0.15) is 0 Å². The molecule has 2 heterocycles. The molecule has 1 aromatic heterocycles. The molecule has 1 aliphatic heterocycles. The summed E-state index contributed by atoms with van der Waals surface area (Å²) in [7, 11) is 0. The van der Waals surface area contributed by atoms with E-state index in [0.29, 0.717) is 18.8 Å². The molecule has 170 valence electrons. The number of fused-ring (bicyclic) bond motifs is 1. The summed E-state index contributed by atoms with van der Waals surface area (Å²) >= 11 is 0. The Morgan fingerprint density at radius 1 is 1.42 bits per heavy atom. The molecule has 1 unspecified atom stereocenters. The molecule has 0 bridgehead atoms. The van der Waals surface area contributed by atoms with E-state index in [0.717, 1.165) is 31.2 Å². The van der Waals surface area contributed by atoms with Crippen LogP contribution in [-0.2, 0) is 11.2 Å². The average Bonchev–Trinajstić information content (AvgIpc) is 2.66. The van der Waals surface area contributed by atoms with Gasteiger partial charge in [-0.3, -0.25) is 4.79 Å². The third-order valence-electron chi connectivity index (χ3n) is 6.12. The summed E-state index contributed by atoms with van der Waals surface area (Å²) in [4.78, 5) is 16.2. The maximum atomic E-state index is 11.6. The van der Waals surface area contributed by atoms with Gasteiger partial charge in [0.15, 0.2) is 0 Å². The lowest BCUT2D eigenvalue weighted by Crippen LogP contribution is -2.51. The van der Waals surface area contributed by atoms with Gasteiger partial charge in [0.1, 0.15) is 5.60 Å². The number of carbonyl (C=O) groups is 1. The smallest absolute Gasteiger partial charge is 0.218 e. The van der Waals surface area contributed by atoms with Crippen LogP contribution >= 0.6 is 0 Å². The van der Waals surface area contributed by atoms with E-state index in [1.807, 2.05) is 6.20 Å². The fourth-order valence-corrected chi connectivity index (χ4v) is 4.51. The van der Waals surface area contributed by atoms with Gasteiger partial charge in [0, 0.05) is 44.1 Å². The zero-order chi connectivity index (χ0) is 22.6. The van der Waals surface area contributed by atoms with Gasteiger partial charge in [0.25, 0.3) is 0 Å². The zero-order valence-electron chi connectivity index (χ0n) is 19.5. The van der Waals surface area contributed by atoms with Crippen LogP contribution in [-0.4, -0.2) is 40.3 Å². The Kier molecular flexibility index (Phi) is 7.28.